The van der Waals surface area contributed by atoms with Crippen molar-refractivity contribution in [2.24, 2.45) is 0 Å². The lowest BCUT2D eigenvalue weighted by Gasteiger charge is -2.32. The van der Waals surface area contributed by atoms with E-state index in [4.69, 9.17) is 4.74 Å². The summed E-state index contributed by atoms with van der Waals surface area (Å²) >= 11 is 3.90. The number of nitrogens with one attached hydrogen (secondary N) is 1. The lowest BCUT2D eigenvalue weighted by Crippen LogP contribution is -2.30. The van der Waals surface area contributed by atoms with Crippen molar-refractivity contribution < 1.29 is 9.53 Å². The summed E-state index contributed by atoms with van der Waals surface area (Å²) < 4.78 is 5.55. The highest BCUT2D eigenvalue weighted by molar-refractivity contribution is 8.04. The Kier molecular flexibility index (Phi) is 11.2. The third-order valence-corrected chi connectivity index (χ3v) is 9.06. The fraction of sp³-hybridized carbons (Fsp3) is 0.750. The molecule has 1 fully saturated rings. The molecule has 0 radical (unpaired) electrons. The first kappa shape index (κ1) is 28.6. The molecular weight excluding hydrogens is 446 g/mol. The number of amides is 1. The highest BCUT2D eigenvalue weighted by atomic mass is 32.2. The van der Waals surface area contributed by atoms with Crippen molar-refractivity contribution in [3.63, 3.8) is 0 Å². The summed E-state index contributed by atoms with van der Waals surface area (Å²) in [7, 11) is 0. The molecule has 0 aromatic heterocycles. The van der Waals surface area contributed by atoms with Crippen LogP contribution in [-0.2, 0) is 20.4 Å². The van der Waals surface area contributed by atoms with Crippen LogP contribution in [0.3, 0.4) is 0 Å². The monoisotopic (exact) mass is 493 g/mol. The van der Waals surface area contributed by atoms with E-state index < -0.39 is 0 Å². The molecule has 2 atom stereocenters. The molecular formula is C28H47NO2S2. The average molecular weight is 494 g/mol. The quantitative estimate of drug-likeness (QED) is 0.346. The molecule has 0 bridgehead atoms. The van der Waals surface area contributed by atoms with Gasteiger partial charge in [-0.05, 0) is 67.2 Å². The van der Waals surface area contributed by atoms with Gasteiger partial charge >= 0.3 is 0 Å². The lowest BCUT2D eigenvalue weighted by atomic mass is 9.81. The fourth-order valence-electron chi connectivity index (χ4n) is 3.95. The maximum Gasteiger partial charge on any atom is 0.230 e. The minimum Gasteiger partial charge on any atom is -0.379 e. The van der Waals surface area contributed by atoms with Crippen molar-refractivity contribution in [3.05, 3.63) is 29.3 Å². The van der Waals surface area contributed by atoms with Gasteiger partial charge < -0.3 is 10.1 Å². The molecule has 2 rings (SSSR count). The predicted molar refractivity (Wildman–Crippen MR) is 147 cm³/mol. The van der Waals surface area contributed by atoms with Gasteiger partial charge in [-0.1, -0.05) is 60.5 Å². The highest BCUT2D eigenvalue weighted by Gasteiger charge is 2.28. The van der Waals surface area contributed by atoms with Crippen LogP contribution in [0.1, 0.15) is 98.6 Å². The van der Waals surface area contributed by atoms with Crippen LogP contribution >= 0.6 is 23.5 Å². The van der Waals surface area contributed by atoms with Crippen LogP contribution in [0.5, 0.6) is 0 Å². The van der Waals surface area contributed by atoms with E-state index in [0.717, 1.165) is 6.42 Å². The first-order valence-corrected chi connectivity index (χ1v) is 14.6. The van der Waals surface area contributed by atoms with Crippen LogP contribution in [0.15, 0.2) is 23.1 Å². The molecule has 1 N–H and O–H groups in total. The Labute approximate surface area is 212 Å². The Morgan fingerprint density at radius 3 is 2.12 bits per heavy atom. The lowest BCUT2D eigenvalue weighted by molar-refractivity contribution is -0.118. The van der Waals surface area contributed by atoms with Crippen molar-refractivity contribution in [1.29, 1.82) is 0 Å². The van der Waals surface area contributed by atoms with Crippen molar-refractivity contribution in [2.45, 2.75) is 120 Å². The van der Waals surface area contributed by atoms with Crippen LogP contribution in [0.25, 0.3) is 0 Å². The molecule has 1 aliphatic rings. The van der Waals surface area contributed by atoms with Crippen molar-refractivity contribution in [2.75, 3.05) is 18.9 Å². The Balaban J connectivity index is 1.98. The minimum absolute atomic E-state index is 0.135. The minimum atomic E-state index is 0.135. The summed E-state index contributed by atoms with van der Waals surface area (Å²) in [6.45, 7) is 19.3. The SMILES string of the molecule is CC(C)OCCCNC(=O)CS[C@@H]1CCCC[C@H]1Sc1cc(C(C)(C)C)cc(C(C)(C)C)c1. The third-order valence-electron chi connectivity index (χ3n) is 6.09. The van der Waals surface area contributed by atoms with Crippen LogP contribution in [0, 0.1) is 0 Å². The van der Waals surface area contributed by atoms with Gasteiger partial charge in [-0.3, -0.25) is 4.79 Å². The number of benzene rings is 1. The van der Waals surface area contributed by atoms with E-state index in [-0.39, 0.29) is 22.8 Å². The molecule has 1 amide bonds. The molecule has 0 saturated heterocycles. The molecule has 1 aromatic rings. The molecule has 3 nitrogen and oxygen atoms in total. The smallest absolute Gasteiger partial charge is 0.230 e. The van der Waals surface area contributed by atoms with E-state index in [2.05, 4.69) is 65.1 Å². The largest absolute Gasteiger partial charge is 0.379 e. The highest BCUT2D eigenvalue weighted by Crippen LogP contribution is 2.41. The van der Waals surface area contributed by atoms with E-state index in [1.54, 1.807) is 0 Å². The number of rotatable bonds is 10. The van der Waals surface area contributed by atoms with Gasteiger partial charge in [0.05, 0.1) is 11.9 Å². The van der Waals surface area contributed by atoms with E-state index in [9.17, 15) is 4.79 Å². The van der Waals surface area contributed by atoms with Crippen molar-refractivity contribution >= 4 is 29.4 Å². The second-order valence-electron chi connectivity index (χ2n) is 11.7. The zero-order valence-electron chi connectivity index (χ0n) is 22.3. The fourth-order valence-corrected chi connectivity index (χ4v) is 6.81. The summed E-state index contributed by atoms with van der Waals surface area (Å²) in [6, 6.07) is 7.21. The Hall–Kier alpha value is -0.650. The summed E-state index contributed by atoms with van der Waals surface area (Å²) in [6.07, 6.45) is 6.14. The number of hydrogen-bond donors (Lipinski definition) is 1. The molecule has 5 heteroatoms. The van der Waals surface area contributed by atoms with Crippen LogP contribution < -0.4 is 5.32 Å². The van der Waals surface area contributed by atoms with Gasteiger partial charge in [0.15, 0.2) is 0 Å². The second-order valence-corrected chi connectivity index (χ2v) is 14.2. The first-order chi connectivity index (χ1) is 15.4. The zero-order valence-corrected chi connectivity index (χ0v) is 23.9. The van der Waals surface area contributed by atoms with Gasteiger partial charge in [-0.2, -0.15) is 0 Å². The molecule has 0 unspecified atom stereocenters. The summed E-state index contributed by atoms with van der Waals surface area (Å²) in [4.78, 5) is 13.8. The van der Waals surface area contributed by atoms with Crippen molar-refractivity contribution in [3.8, 4) is 0 Å². The van der Waals surface area contributed by atoms with Crippen LogP contribution in [0.2, 0.25) is 0 Å². The Morgan fingerprint density at radius 2 is 1.58 bits per heavy atom. The topological polar surface area (TPSA) is 38.3 Å². The van der Waals surface area contributed by atoms with E-state index in [0.29, 0.717) is 29.4 Å². The third kappa shape index (κ3) is 10.2. The summed E-state index contributed by atoms with van der Waals surface area (Å²) in [5.41, 5.74) is 3.10. The maximum absolute atomic E-state index is 12.4. The Bertz CT molecular complexity index is 717. The number of ether oxygens (including phenoxy) is 1. The predicted octanol–water partition coefficient (Wildman–Crippen LogP) is 7.35. The molecule has 188 valence electrons. The number of carbonyl (C=O) groups is 1. The molecule has 0 heterocycles. The second kappa shape index (κ2) is 12.9. The van der Waals surface area contributed by atoms with Gasteiger partial charge in [-0.25, -0.2) is 0 Å². The average Bonchev–Trinajstić information content (AvgIpc) is 2.71. The van der Waals surface area contributed by atoms with Gasteiger partial charge in [0, 0.05) is 28.5 Å². The zero-order chi connectivity index (χ0) is 24.6. The number of thioether (sulfide) groups is 2. The molecule has 0 aliphatic heterocycles. The maximum atomic E-state index is 12.4. The standard InChI is InChI=1S/C28H47NO2S2/c1-20(2)31-15-11-14-29-26(30)19-32-24-12-9-10-13-25(24)33-23-17-21(27(3,4)5)16-22(18-23)28(6,7)8/h16-18,20,24-25H,9-15,19H2,1-8H3,(H,29,30)/t24-,25-/m1/s1. The van der Waals surface area contributed by atoms with Gasteiger partial charge in [0.25, 0.3) is 0 Å². The first-order valence-electron chi connectivity index (χ1n) is 12.7. The molecule has 1 saturated carbocycles. The van der Waals surface area contributed by atoms with Gasteiger partial charge in [0.1, 0.15) is 0 Å². The van der Waals surface area contributed by atoms with Crippen LogP contribution in [0.4, 0.5) is 0 Å². The van der Waals surface area contributed by atoms with Gasteiger partial charge in [-0.15, -0.1) is 23.5 Å². The van der Waals surface area contributed by atoms with Crippen molar-refractivity contribution in [1.82, 2.24) is 5.32 Å². The number of carbonyl (C=O) groups excluding carboxylic acids is 1. The number of hydrogen-bond acceptors (Lipinski definition) is 4. The molecule has 0 spiro atoms. The van der Waals surface area contributed by atoms with E-state index in [1.165, 1.54) is 41.7 Å². The van der Waals surface area contributed by atoms with Gasteiger partial charge in [0.2, 0.25) is 5.91 Å². The normalized spacial score (nSPS) is 19.7. The van der Waals surface area contributed by atoms with E-state index >= 15 is 0 Å². The summed E-state index contributed by atoms with van der Waals surface area (Å²) in [5, 5.41) is 4.17. The summed E-state index contributed by atoms with van der Waals surface area (Å²) in [5.74, 6) is 0.714. The Morgan fingerprint density at radius 1 is 1.00 bits per heavy atom. The molecule has 33 heavy (non-hydrogen) atoms. The van der Waals surface area contributed by atoms with E-state index in [1.807, 2.05) is 37.4 Å². The molecule has 1 aliphatic carbocycles. The van der Waals surface area contributed by atoms with Crippen LogP contribution in [-0.4, -0.2) is 41.4 Å². The molecule has 1 aromatic carbocycles.